The predicted molar refractivity (Wildman–Crippen MR) is 82.8 cm³/mol. The van der Waals surface area contributed by atoms with Crippen molar-refractivity contribution in [2.45, 2.75) is 38.0 Å². The largest absolute Gasteiger partial charge is 0.497 e. The lowest BCUT2D eigenvalue weighted by Crippen LogP contribution is -2.46. The monoisotopic (exact) mass is 345 g/mol. The van der Waals surface area contributed by atoms with Crippen LogP contribution in [0.25, 0.3) is 0 Å². The summed E-state index contributed by atoms with van der Waals surface area (Å²) in [5.74, 6) is -0.634. The Kier molecular flexibility index (Phi) is 5.74. The minimum Gasteiger partial charge on any atom is -0.497 e. The van der Waals surface area contributed by atoms with Gasteiger partial charge in [-0.05, 0) is 43.4 Å². The molecule has 2 atom stereocenters. The number of nitrogens with zero attached hydrogens (tertiary/aromatic N) is 1. The van der Waals surface area contributed by atoms with Crippen LogP contribution >= 0.6 is 0 Å². The lowest BCUT2D eigenvalue weighted by Gasteiger charge is -2.36. The summed E-state index contributed by atoms with van der Waals surface area (Å²) in [6.07, 6.45) is -6.61. The number of alkyl halides is 3. The normalized spacial score (nSPS) is 19.0. The summed E-state index contributed by atoms with van der Waals surface area (Å²) >= 11 is 0. The highest BCUT2D eigenvalue weighted by molar-refractivity contribution is 5.83. The maximum atomic E-state index is 12.6. The summed E-state index contributed by atoms with van der Waals surface area (Å²) in [4.78, 5) is 14.1. The van der Waals surface area contributed by atoms with Gasteiger partial charge < -0.3 is 14.7 Å². The van der Waals surface area contributed by atoms with Crippen molar-refractivity contribution in [3.63, 3.8) is 0 Å². The van der Waals surface area contributed by atoms with E-state index in [0.717, 1.165) is 5.56 Å². The van der Waals surface area contributed by atoms with E-state index in [1.165, 1.54) is 0 Å². The topological polar surface area (TPSA) is 49.8 Å². The molecule has 1 heterocycles. The maximum absolute atomic E-state index is 12.6. The number of hydrogen-bond acceptors (Lipinski definition) is 3. The van der Waals surface area contributed by atoms with E-state index in [9.17, 15) is 23.1 Å². The molecular weight excluding hydrogens is 323 g/mol. The second-order valence-corrected chi connectivity index (χ2v) is 6.14. The molecule has 1 aromatic carbocycles. The number of aliphatic hydroxyl groups is 1. The average molecular weight is 345 g/mol. The SMILES string of the molecule is COc1ccc(C(C)C(=O)N2CCC(C(O)C(F)(F)F)CC2)cc1. The second-order valence-electron chi connectivity index (χ2n) is 6.14. The molecule has 1 fully saturated rings. The molecule has 0 bridgehead atoms. The first-order valence-corrected chi connectivity index (χ1v) is 7.91. The van der Waals surface area contributed by atoms with E-state index < -0.39 is 18.2 Å². The fourth-order valence-corrected chi connectivity index (χ4v) is 3.01. The Labute approximate surface area is 139 Å². The maximum Gasteiger partial charge on any atom is 0.414 e. The third kappa shape index (κ3) is 4.20. The number of methoxy groups -OCH3 is 1. The molecule has 1 amide bonds. The fraction of sp³-hybridized carbons (Fsp3) is 0.588. The molecule has 2 unspecified atom stereocenters. The van der Waals surface area contributed by atoms with Crippen LogP contribution in [0.1, 0.15) is 31.2 Å². The molecule has 7 heteroatoms. The van der Waals surface area contributed by atoms with Gasteiger partial charge in [0.1, 0.15) is 5.75 Å². The highest BCUT2D eigenvalue weighted by Crippen LogP contribution is 2.32. The van der Waals surface area contributed by atoms with Crippen molar-refractivity contribution in [1.82, 2.24) is 4.90 Å². The van der Waals surface area contributed by atoms with Crippen LogP contribution < -0.4 is 4.74 Å². The number of ether oxygens (including phenoxy) is 1. The molecule has 1 aromatic rings. The lowest BCUT2D eigenvalue weighted by atomic mass is 9.89. The molecule has 1 aliphatic heterocycles. The smallest absolute Gasteiger partial charge is 0.414 e. The zero-order chi connectivity index (χ0) is 17.9. The molecule has 2 rings (SSSR count). The second kappa shape index (κ2) is 7.42. The van der Waals surface area contributed by atoms with Crippen molar-refractivity contribution in [2.75, 3.05) is 20.2 Å². The van der Waals surface area contributed by atoms with Gasteiger partial charge in [0.05, 0.1) is 13.0 Å². The van der Waals surface area contributed by atoms with Gasteiger partial charge in [0.2, 0.25) is 5.91 Å². The van der Waals surface area contributed by atoms with Crippen molar-refractivity contribution in [3.05, 3.63) is 29.8 Å². The summed E-state index contributed by atoms with van der Waals surface area (Å²) in [6, 6.07) is 7.15. The highest BCUT2D eigenvalue weighted by atomic mass is 19.4. The number of aliphatic hydroxyl groups excluding tert-OH is 1. The first-order valence-electron chi connectivity index (χ1n) is 7.91. The molecule has 0 saturated carbocycles. The Hall–Kier alpha value is -1.76. The van der Waals surface area contributed by atoms with E-state index in [4.69, 9.17) is 4.74 Å². The Morgan fingerprint density at radius 3 is 2.25 bits per heavy atom. The van der Waals surface area contributed by atoms with E-state index in [1.807, 2.05) is 12.1 Å². The molecule has 1 N–H and O–H groups in total. The van der Waals surface area contributed by atoms with Crippen LogP contribution in [-0.2, 0) is 4.79 Å². The van der Waals surface area contributed by atoms with Crippen molar-refractivity contribution in [3.8, 4) is 5.75 Å². The minimum atomic E-state index is -4.60. The molecule has 1 saturated heterocycles. The number of hydrogen-bond donors (Lipinski definition) is 1. The number of piperidine rings is 1. The number of halogens is 3. The van der Waals surface area contributed by atoms with Gasteiger partial charge in [-0.1, -0.05) is 12.1 Å². The van der Waals surface area contributed by atoms with Crippen LogP contribution in [0.5, 0.6) is 5.75 Å². The molecule has 0 radical (unpaired) electrons. The Morgan fingerprint density at radius 2 is 1.79 bits per heavy atom. The standard InChI is InChI=1S/C17H22F3NO3/c1-11(12-3-5-14(24-2)6-4-12)16(23)21-9-7-13(8-10-21)15(22)17(18,19)20/h3-6,11,13,15,22H,7-10H2,1-2H3. The predicted octanol–water partition coefficient (Wildman–Crippen LogP) is 2.96. The van der Waals surface area contributed by atoms with Crippen molar-refractivity contribution in [1.29, 1.82) is 0 Å². The van der Waals surface area contributed by atoms with Gasteiger partial charge in [-0.3, -0.25) is 4.79 Å². The summed E-state index contributed by atoms with van der Waals surface area (Å²) < 4.78 is 42.8. The first kappa shape index (κ1) is 18.6. The summed E-state index contributed by atoms with van der Waals surface area (Å²) in [5, 5.41) is 9.33. The number of rotatable bonds is 4. The summed E-state index contributed by atoms with van der Waals surface area (Å²) in [5.41, 5.74) is 0.832. The van der Waals surface area contributed by atoms with Crippen LogP contribution in [0.2, 0.25) is 0 Å². The number of carbonyl (C=O) groups excluding carboxylic acids is 1. The van der Waals surface area contributed by atoms with Crippen molar-refractivity contribution < 1.29 is 27.8 Å². The van der Waals surface area contributed by atoms with Gasteiger partial charge in [-0.2, -0.15) is 13.2 Å². The molecule has 4 nitrogen and oxygen atoms in total. The van der Waals surface area contributed by atoms with Crippen LogP contribution in [0, 0.1) is 5.92 Å². The lowest BCUT2D eigenvalue weighted by molar-refractivity contribution is -0.223. The van der Waals surface area contributed by atoms with Crippen molar-refractivity contribution in [2.24, 2.45) is 5.92 Å². The average Bonchev–Trinajstić information content (AvgIpc) is 2.59. The third-order valence-electron chi connectivity index (χ3n) is 4.62. The Balaban J connectivity index is 1.94. The van der Waals surface area contributed by atoms with Gasteiger partial charge in [0.15, 0.2) is 6.10 Å². The molecular formula is C17H22F3NO3. The van der Waals surface area contributed by atoms with Gasteiger partial charge in [0, 0.05) is 13.1 Å². The van der Waals surface area contributed by atoms with Gasteiger partial charge >= 0.3 is 6.18 Å². The Bertz CT molecular complexity index is 551. The zero-order valence-electron chi connectivity index (χ0n) is 13.7. The van der Waals surface area contributed by atoms with E-state index in [1.54, 1.807) is 31.1 Å². The summed E-state index contributed by atoms with van der Waals surface area (Å²) in [6.45, 7) is 2.25. The number of benzene rings is 1. The molecule has 0 aliphatic carbocycles. The van der Waals surface area contributed by atoms with Crippen LogP contribution in [0.15, 0.2) is 24.3 Å². The molecule has 0 spiro atoms. The van der Waals surface area contributed by atoms with Crippen LogP contribution in [0.4, 0.5) is 13.2 Å². The van der Waals surface area contributed by atoms with Crippen molar-refractivity contribution >= 4 is 5.91 Å². The highest BCUT2D eigenvalue weighted by Gasteiger charge is 2.44. The van der Waals surface area contributed by atoms with Crippen LogP contribution in [-0.4, -0.2) is 48.4 Å². The minimum absolute atomic E-state index is 0.111. The van der Waals surface area contributed by atoms with Gasteiger partial charge in [-0.25, -0.2) is 0 Å². The third-order valence-corrected chi connectivity index (χ3v) is 4.62. The number of amides is 1. The first-order chi connectivity index (χ1) is 11.2. The molecule has 24 heavy (non-hydrogen) atoms. The van der Waals surface area contributed by atoms with E-state index in [2.05, 4.69) is 0 Å². The van der Waals surface area contributed by atoms with Crippen LogP contribution in [0.3, 0.4) is 0 Å². The molecule has 0 aromatic heterocycles. The molecule has 1 aliphatic rings. The Morgan fingerprint density at radius 1 is 1.25 bits per heavy atom. The van der Waals surface area contributed by atoms with Gasteiger partial charge in [0.25, 0.3) is 0 Å². The number of likely N-dealkylation sites (tertiary alicyclic amines) is 1. The van der Waals surface area contributed by atoms with E-state index in [-0.39, 0.29) is 37.8 Å². The van der Waals surface area contributed by atoms with Gasteiger partial charge in [-0.15, -0.1) is 0 Å². The number of carbonyl (C=O) groups is 1. The fourth-order valence-electron chi connectivity index (χ4n) is 3.01. The van der Waals surface area contributed by atoms with E-state index >= 15 is 0 Å². The van der Waals surface area contributed by atoms with E-state index in [0.29, 0.717) is 5.75 Å². The molecule has 134 valence electrons. The summed E-state index contributed by atoms with van der Waals surface area (Å²) in [7, 11) is 1.56. The quantitative estimate of drug-likeness (QED) is 0.913. The zero-order valence-corrected chi connectivity index (χ0v) is 13.7.